The number of anilines is 1. The number of hydrogen-bond acceptors (Lipinski definition) is 6. The smallest absolute Gasteiger partial charge is 0.289 e. The maximum Gasteiger partial charge on any atom is 0.289 e. The summed E-state index contributed by atoms with van der Waals surface area (Å²) < 4.78 is 5.17. The molecule has 2 aromatic rings. The third kappa shape index (κ3) is 4.54. The largest absolute Gasteiger partial charge is 0.497 e. The van der Waals surface area contributed by atoms with E-state index in [0.717, 1.165) is 24.2 Å². The summed E-state index contributed by atoms with van der Waals surface area (Å²) in [6.07, 6.45) is 2.01. The van der Waals surface area contributed by atoms with Crippen molar-refractivity contribution >= 4 is 23.5 Å². The lowest BCUT2D eigenvalue weighted by Crippen LogP contribution is -2.34. The fourth-order valence-electron chi connectivity index (χ4n) is 2.79. The molecule has 1 amide bonds. The van der Waals surface area contributed by atoms with Crippen LogP contribution in [0.2, 0.25) is 0 Å². The van der Waals surface area contributed by atoms with Crippen LogP contribution in [0.5, 0.6) is 5.75 Å². The maximum absolute atomic E-state index is 12.8. The first-order chi connectivity index (χ1) is 13.5. The van der Waals surface area contributed by atoms with Crippen molar-refractivity contribution in [1.29, 1.82) is 10.5 Å². The Morgan fingerprint density at radius 1 is 1.29 bits per heavy atom. The fourth-order valence-corrected chi connectivity index (χ4v) is 3.66. The van der Waals surface area contributed by atoms with Gasteiger partial charge in [-0.25, -0.2) is 4.98 Å². The minimum atomic E-state index is 0.00328. The second-order valence-corrected chi connectivity index (χ2v) is 7.44. The Morgan fingerprint density at radius 2 is 1.96 bits per heavy atom. The molecule has 1 saturated carbocycles. The number of nitrogen functional groups attached to an aromatic ring is 1. The molecular weight excluding hydrogens is 374 g/mol. The normalized spacial score (nSPS) is 12.7. The molecule has 142 valence electrons. The van der Waals surface area contributed by atoms with Gasteiger partial charge in [-0.2, -0.15) is 10.5 Å². The number of ether oxygens (including phenoxy) is 1. The lowest BCUT2D eigenvalue weighted by Gasteiger charge is -2.22. The van der Waals surface area contributed by atoms with Crippen LogP contribution in [0.25, 0.3) is 0 Å². The number of rotatable bonds is 7. The number of benzene rings is 1. The van der Waals surface area contributed by atoms with E-state index in [1.54, 1.807) is 7.11 Å². The van der Waals surface area contributed by atoms with E-state index in [4.69, 9.17) is 15.7 Å². The average molecular weight is 394 g/mol. The van der Waals surface area contributed by atoms with E-state index in [1.807, 2.05) is 41.3 Å². The van der Waals surface area contributed by atoms with Gasteiger partial charge in [-0.3, -0.25) is 10.5 Å². The topological polar surface area (TPSA) is 117 Å². The predicted molar refractivity (Wildman–Crippen MR) is 104 cm³/mol. The van der Waals surface area contributed by atoms with Gasteiger partial charge in [-0.05, 0) is 36.6 Å². The molecule has 0 spiro atoms. The van der Waals surface area contributed by atoms with Gasteiger partial charge in [0.05, 0.1) is 12.9 Å². The van der Waals surface area contributed by atoms with Crippen LogP contribution in [-0.2, 0) is 11.3 Å². The van der Waals surface area contributed by atoms with Crippen LogP contribution in [0, 0.1) is 22.7 Å². The Bertz CT molecular complexity index is 958. The number of nitriles is 2. The van der Waals surface area contributed by atoms with Gasteiger partial charge in [0, 0.05) is 12.6 Å². The monoisotopic (exact) mass is 394 g/mol. The summed E-state index contributed by atoms with van der Waals surface area (Å²) in [5, 5.41) is 18.8. The molecular formula is C20H20N5O2S+. The van der Waals surface area contributed by atoms with Crippen LogP contribution in [0.1, 0.15) is 29.5 Å². The standard InChI is InChI=1S/C20H19N5O2S/c1-27-17-6-2-13(3-7-17)11-25(16-4-5-16)18(26)12-28-20-15(10-22)8-14(9-21)19(23)24-20/h2-3,6-8,16H,4-5,11-12H2,1H3,(H2,23,24)/p+1. The van der Waals surface area contributed by atoms with Gasteiger partial charge in [0.25, 0.3) is 5.82 Å². The van der Waals surface area contributed by atoms with Gasteiger partial charge in [0.15, 0.2) is 5.03 Å². The Kier molecular flexibility index (Phi) is 6.03. The van der Waals surface area contributed by atoms with Crippen molar-refractivity contribution in [2.45, 2.75) is 30.5 Å². The van der Waals surface area contributed by atoms with Crippen LogP contribution in [0.3, 0.4) is 0 Å². The number of hydrogen-bond donors (Lipinski definition) is 1. The van der Waals surface area contributed by atoms with Crippen LogP contribution in [-0.4, -0.2) is 29.7 Å². The van der Waals surface area contributed by atoms with Crippen molar-refractivity contribution < 1.29 is 14.5 Å². The number of carbonyl (C=O) groups is 1. The molecule has 1 heterocycles. The van der Waals surface area contributed by atoms with E-state index in [2.05, 4.69) is 4.98 Å². The van der Waals surface area contributed by atoms with Crippen molar-refractivity contribution in [3.05, 3.63) is 47.0 Å². The van der Waals surface area contributed by atoms with Crippen molar-refractivity contribution in [3.63, 3.8) is 0 Å². The first-order valence-corrected chi connectivity index (χ1v) is 9.75. The number of nitrogens with one attached hydrogen (secondary N) is 1. The van der Waals surface area contributed by atoms with Crippen LogP contribution < -0.4 is 15.5 Å². The number of methoxy groups -OCH3 is 1. The number of nitrogens with two attached hydrogens (primary N) is 1. The Balaban J connectivity index is 1.69. The van der Waals surface area contributed by atoms with E-state index in [9.17, 15) is 10.1 Å². The number of amides is 1. The number of pyridine rings is 1. The zero-order chi connectivity index (χ0) is 20.1. The number of aromatic nitrogens is 1. The van der Waals surface area contributed by atoms with E-state index in [1.165, 1.54) is 17.8 Å². The third-order valence-electron chi connectivity index (χ3n) is 4.47. The van der Waals surface area contributed by atoms with Crippen LogP contribution in [0.4, 0.5) is 5.82 Å². The van der Waals surface area contributed by atoms with Gasteiger partial charge < -0.3 is 9.64 Å². The van der Waals surface area contributed by atoms with Gasteiger partial charge in [-0.1, -0.05) is 23.9 Å². The quantitative estimate of drug-likeness (QED) is 0.719. The van der Waals surface area contributed by atoms with Crippen LogP contribution in [0.15, 0.2) is 35.4 Å². The highest BCUT2D eigenvalue weighted by molar-refractivity contribution is 7.99. The van der Waals surface area contributed by atoms with E-state index in [-0.39, 0.29) is 29.1 Å². The molecule has 0 unspecified atom stereocenters. The first-order valence-electron chi connectivity index (χ1n) is 8.77. The first kappa shape index (κ1) is 19.5. The third-order valence-corrected chi connectivity index (χ3v) is 5.47. The highest BCUT2D eigenvalue weighted by Gasteiger charge is 2.32. The molecule has 7 nitrogen and oxygen atoms in total. The highest BCUT2D eigenvalue weighted by atomic mass is 32.2. The number of carbonyl (C=O) groups excluding carboxylic acids is 1. The van der Waals surface area contributed by atoms with E-state index >= 15 is 0 Å². The zero-order valence-electron chi connectivity index (χ0n) is 15.4. The molecule has 0 aliphatic heterocycles. The number of nitrogens with zero attached hydrogens (tertiary/aromatic N) is 3. The predicted octanol–water partition coefficient (Wildman–Crippen LogP) is 2.12. The lowest BCUT2D eigenvalue weighted by atomic mass is 10.2. The number of aromatic amines is 1. The molecule has 1 aromatic heterocycles. The molecule has 1 aromatic carbocycles. The molecule has 1 fully saturated rings. The molecule has 0 radical (unpaired) electrons. The summed E-state index contributed by atoms with van der Waals surface area (Å²) in [6, 6.07) is 13.4. The van der Waals surface area contributed by atoms with Gasteiger partial charge >= 0.3 is 0 Å². The van der Waals surface area contributed by atoms with Crippen molar-refractivity contribution in [3.8, 4) is 17.9 Å². The second kappa shape index (κ2) is 8.64. The summed E-state index contributed by atoms with van der Waals surface area (Å²) >= 11 is 1.22. The minimum absolute atomic E-state index is 0.00328. The van der Waals surface area contributed by atoms with Crippen molar-refractivity contribution in [2.24, 2.45) is 0 Å². The van der Waals surface area contributed by atoms with Gasteiger partial charge in [0.2, 0.25) is 5.91 Å². The Hall–Kier alpha value is -3.23. The fraction of sp³-hybridized carbons (Fsp3) is 0.300. The number of H-pyrrole nitrogens is 1. The highest BCUT2D eigenvalue weighted by Crippen LogP contribution is 2.30. The molecule has 1 aliphatic carbocycles. The lowest BCUT2D eigenvalue weighted by molar-refractivity contribution is -0.410. The molecule has 3 N–H and O–H groups in total. The van der Waals surface area contributed by atoms with Crippen molar-refractivity contribution in [1.82, 2.24) is 4.90 Å². The second-order valence-electron chi connectivity index (χ2n) is 6.45. The average Bonchev–Trinajstić information content (AvgIpc) is 3.55. The summed E-state index contributed by atoms with van der Waals surface area (Å²) in [6.45, 7) is 0.540. The summed E-state index contributed by atoms with van der Waals surface area (Å²) in [5.74, 6) is 1.15. The molecule has 1 aliphatic rings. The summed E-state index contributed by atoms with van der Waals surface area (Å²) in [7, 11) is 1.62. The van der Waals surface area contributed by atoms with E-state index < -0.39 is 0 Å². The molecule has 3 rings (SSSR count). The molecule has 0 saturated heterocycles. The van der Waals surface area contributed by atoms with Crippen LogP contribution >= 0.6 is 11.8 Å². The van der Waals surface area contributed by atoms with Gasteiger partial charge in [0.1, 0.15) is 29.0 Å². The molecule has 28 heavy (non-hydrogen) atoms. The molecule has 0 bridgehead atoms. The van der Waals surface area contributed by atoms with Gasteiger partial charge in [-0.15, -0.1) is 0 Å². The zero-order valence-corrected chi connectivity index (χ0v) is 16.3. The number of thioether (sulfide) groups is 1. The minimum Gasteiger partial charge on any atom is -0.497 e. The van der Waals surface area contributed by atoms with Crippen molar-refractivity contribution in [2.75, 3.05) is 18.6 Å². The summed E-state index contributed by atoms with van der Waals surface area (Å²) in [5.41, 5.74) is 7.36. The Labute approximate surface area is 167 Å². The van der Waals surface area contributed by atoms with E-state index in [0.29, 0.717) is 17.1 Å². The molecule has 8 heteroatoms. The maximum atomic E-state index is 12.8. The molecule has 0 atom stereocenters. The summed E-state index contributed by atoms with van der Waals surface area (Å²) in [4.78, 5) is 17.6. The SMILES string of the molecule is COc1ccc(CN(C(=O)CSc2[nH+]c(N)c(C#N)cc2C#N)C2CC2)cc1. The Morgan fingerprint density at radius 3 is 2.54 bits per heavy atom.